The fourth-order valence-electron chi connectivity index (χ4n) is 9.24. The first-order valence-electron chi connectivity index (χ1n) is 21.6. The Bertz CT molecular complexity index is 1910. The summed E-state index contributed by atoms with van der Waals surface area (Å²) in [4.78, 5) is 65.4. The van der Waals surface area contributed by atoms with E-state index in [2.05, 4.69) is 26.9 Å². The second-order valence-corrected chi connectivity index (χ2v) is 17.5. The van der Waals surface area contributed by atoms with E-state index in [1.807, 2.05) is 24.3 Å². The molecule has 5 aliphatic heterocycles. The molecule has 0 bridgehead atoms. The van der Waals surface area contributed by atoms with Gasteiger partial charge in [-0.1, -0.05) is 29.8 Å². The number of benzene rings is 2. The number of urea groups is 1. The number of hydrogen-bond donors (Lipinski definition) is 2. The molecule has 0 saturated carbocycles. The van der Waals surface area contributed by atoms with E-state index in [9.17, 15) is 32.3 Å². The SMILES string of the molecule is CC1(N2CCN(C(=O)[C@@H](Cc3cc(Cl)c(N)c(C(F)(F)F)c3)OC(=O)N3CCC(N4CCc5ccccc5NC4=O)CC3)CC2)CCN(CC(=O)OCCN2CCOCC2)CC1. The molecule has 62 heavy (non-hydrogen) atoms. The number of alkyl halides is 3. The molecule has 0 unspecified atom stereocenters. The number of carbonyl (C=O) groups excluding carboxylic acids is 4. The van der Waals surface area contributed by atoms with E-state index >= 15 is 0 Å². The van der Waals surface area contributed by atoms with Gasteiger partial charge in [-0.25, -0.2) is 9.59 Å². The topological polar surface area (TPSA) is 153 Å². The molecule has 4 fully saturated rings. The zero-order chi connectivity index (χ0) is 44.0. The molecule has 15 nitrogen and oxygen atoms in total. The van der Waals surface area contributed by atoms with Crippen LogP contribution in [0.3, 0.4) is 0 Å². The van der Waals surface area contributed by atoms with Gasteiger partial charge < -0.3 is 40.0 Å². The van der Waals surface area contributed by atoms with Crippen LogP contribution >= 0.6 is 11.6 Å². The normalized spacial score (nSPS) is 21.4. The lowest BCUT2D eigenvalue weighted by atomic mass is 9.87. The van der Waals surface area contributed by atoms with Crippen LogP contribution in [0.1, 0.15) is 49.3 Å². The van der Waals surface area contributed by atoms with E-state index in [0.29, 0.717) is 91.4 Å². The lowest BCUT2D eigenvalue weighted by Crippen LogP contribution is -2.61. The van der Waals surface area contributed by atoms with Gasteiger partial charge in [0, 0.05) is 102 Å². The van der Waals surface area contributed by atoms with Crippen LogP contribution in [-0.2, 0) is 42.8 Å². The lowest BCUT2D eigenvalue weighted by molar-refractivity contribution is -0.146. The number of esters is 1. The minimum absolute atomic E-state index is 0.0495. The first kappa shape index (κ1) is 45.7. The Morgan fingerprint density at radius 3 is 2.32 bits per heavy atom. The molecule has 340 valence electrons. The summed E-state index contributed by atoms with van der Waals surface area (Å²) in [6.45, 7) is 10.7. The van der Waals surface area contributed by atoms with Gasteiger partial charge in [-0.3, -0.25) is 24.3 Å². The third-order valence-electron chi connectivity index (χ3n) is 13.2. The van der Waals surface area contributed by atoms with E-state index in [1.165, 1.54) is 11.0 Å². The first-order valence-corrected chi connectivity index (χ1v) is 22.0. The Morgan fingerprint density at radius 2 is 1.63 bits per heavy atom. The van der Waals surface area contributed by atoms with Crippen molar-refractivity contribution in [3.05, 3.63) is 58.1 Å². The molecule has 0 aliphatic carbocycles. The highest BCUT2D eigenvalue weighted by molar-refractivity contribution is 6.33. The van der Waals surface area contributed by atoms with Crippen LogP contribution < -0.4 is 11.1 Å². The number of amides is 4. The van der Waals surface area contributed by atoms with Gasteiger partial charge in [0.05, 0.1) is 36.0 Å². The molecule has 4 amide bonds. The molecule has 7 rings (SSSR count). The number of piperazine rings is 1. The zero-order valence-electron chi connectivity index (χ0n) is 35.3. The van der Waals surface area contributed by atoms with Gasteiger partial charge in [0.1, 0.15) is 6.61 Å². The molecule has 0 radical (unpaired) electrons. The summed E-state index contributed by atoms with van der Waals surface area (Å²) in [6, 6.07) is 9.46. The third-order valence-corrected chi connectivity index (χ3v) is 13.5. The number of carbonyl (C=O) groups is 4. The number of nitrogens with zero attached hydrogens (tertiary/aromatic N) is 6. The number of halogens is 4. The van der Waals surface area contributed by atoms with E-state index in [1.54, 1.807) is 9.80 Å². The number of nitrogens with two attached hydrogens (primary N) is 1. The Balaban J connectivity index is 0.940. The number of para-hydroxylation sites is 1. The molecule has 5 heterocycles. The van der Waals surface area contributed by atoms with Crippen molar-refractivity contribution in [2.45, 2.75) is 69.3 Å². The van der Waals surface area contributed by atoms with Crippen LogP contribution in [-0.4, -0.2) is 176 Å². The highest BCUT2D eigenvalue weighted by atomic mass is 35.5. The van der Waals surface area contributed by atoms with Gasteiger partial charge in [-0.15, -0.1) is 0 Å². The highest BCUT2D eigenvalue weighted by Crippen LogP contribution is 2.38. The molecule has 4 saturated heterocycles. The van der Waals surface area contributed by atoms with Crippen LogP contribution in [0.4, 0.5) is 34.1 Å². The molecular weight excluding hydrogens is 833 g/mol. The number of likely N-dealkylation sites (tertiary alicyclic amines) is 2. The number of rotatable bonds is 11. The van der Waals surface area contributed by atoms with Crippen molar-refractivity contribution >= 4 is 47.0 Å². The van der Waals surface area contributed by atoms with Crippen LogP contribution in [0.15, 0.2) is 36.4 Å². The Morgan fingerprint density at radius 1 is 0.935 bits per heavy atom. The molecule has 3 N–H and O–H groups in total. The number of piperidine rings is 2. The van der Waals surface area contributed by atoms with Crippen LogP contribution in [0, 0.1) is 0 Å². The summed E-state index contributed by atoms with van der Waals surface area (Å²) in [5.41, 5.74) is 5.66. The van der Waals surface area contributed by atoms with Crippen molar-refractivity contribution < 1.29 is 46.6 Å². The predicted molar refractivity (Wildman–Crippen MR) is 226 cm³/mol. The Hall–Kier alpha value is -4.36. The van der Waals surface area contributed by atoms with Gasteiger partial charge >= 0.3 is 24.3 Å². The number of nitrogens with one attached hydrogen (secondary N) is 1. The summed E-state index contributed by atoms with van der Waals surface area (Å²) in [6.07, 6.45) is -4.05. The average Bonchev–Trinajstić information content (AvgIpc) is 3.43. The summed E-state index contributed by atoms with van der Waals surface area (Å²) in [7, 11) is 0. The van der Waals surface area contributed by atoms with Crippen molar-refractivity contribution in [1.29, 1.82) is 0 Å². The van der Waals surface area contributed by atoms with Gasteiger partial charge in [-0.2, -0.15) is 13.2 Å². The third kappa shape index (κ3) is 11.2. The summed E-state index contributed by atoms with van der Waals surface area (Å²) < 4.78 is 58.7. The Kier molecular flexibility index (Phi) is 14.7. The maximum absolute atomic E-state index is 14.3. The molecular formula is C43H58ClF3N8O7. The fraction of sp³-hybridized carbons (Fsp3) is 0.628. The quantitative estimate of drug-likeness (QED) is 0.244. The van der Waals surface area contributed by atoms with Gasteiger partial charge in [0.25, 0.3) is 5.91 Å². The summed E-state index contributed by atoms with van der Waals surface area (Å²) in [5.74, 6) is -0.750. The van der Waals surface area contributed by atoms with Crippen LogP contribution in [0.5, 0.6) is 0 Å². The predicted octanol–water partition coefficient (Wildman–Crippen LogP) is 4.42. The molecule has 19 heteroatoms. The molecule has 0 aromatic heterocycles. The zero-order valence-corrected chi connectivity index (χ0v) is 36.1. The van der Waals surface area contributed by atoms with Crippen molar-refractivity contribution in [3.8, 4) is 0 Å². The fourth-order valence-corrected chi connectivity index (χ4v) is 9.48. The largest absolute Gasteiger partial charge is 0.463 e. The number of ether oxygens (including phenoxy) is 3. The monoisotopic (exact) mass is 890 g/mol. The number of morpholine rings is 1. The van der Waals surface area contributed by atoms with Crippen molar-refractivity contribution in [3.63, 3.8) is 0 Å². The summed E-state index contributed by atoms with van der Waals surface area (Å²) in [5, 5.41) is 2.67. The number of anilines is 2. The maximum atomic E-state index is 14.3. The van der Waals surface area contributed by atoms with Gasteiger partial charge in [0.15, 0.2) is 6.10 Å². The minimum atomic E-state index is -4.80. The second-order valence-electron chi connectivity index (χ2n) is 17.1. The van der Waals surface area contributed by atoms with Gasteiger partial charge in [-0.05, 0) is 68.4 Å². The standard InChI is InChI=1S/C43H58ClF3N8O7/c1-42(9-14-51(15-10-42)29-37(56)61-25-22-50-20-23-60-24-21-50)54-18-16-52(17-19-54)39(57)36(28-30-26-33(43(45,46)47)38(48)34(44)27-30)62-41(59)53-11-7-32(8-12-53)55-13-6-31-4-2-3-5-35(31)49-40(55)58/h2-5,26-27,32,36H,6-25,28-29,48H2,1H3,(H,49,58)/t36-/m1/s1. The second kappa shape index (κ2) is 20.0. The number of hydrogen-bond acceptors (Lipinski definition) is 11. The molecule has 0 spiro atoms. The summed E-state index contributed by atoms with van der Waals surface area (Å²) >= 11 is 6.17. The lowest BCUT2D eigenvalue weighted by Gasteiger charge is -2.49. The van der Waals surface area contributed by atoms with Crippen molar-refractivity contribution in [2.75, 3.05) is 116 Å². The first-order chi connectivity index (χ1) is 29.7. The molecule has 5 aliphatic rings. The molecule has 1 atom stereocenters. The highest BCUT2D eigenvalue weighted by Gasteiger charge is 2.41. The van der Waals surface area contributed by atoms with E-state index < -0.39 is 35.5 Å². The van der Waals surface area contributed by atoms with Crippen molar-refractivity contribution in [2.24, 2.45) is 0 Å². The average molecular weight is 891 g/mol. The Labute approximate surface area is 365 Å². The van der Waals surface area contributed by atoms with Crippen LogP contribution in [0.2, 0.25) is 5.02 Å². The van der Waals surface area contributed by atoms with E-state index in [4.69, 9.17) is 31.5 Å². The molecule has 2 aromatic rings. The van der Waals surface area contributed by atoms with Crippen molar-refractivity contribution in [1.82, 2.24) is 29.4 Å². The van der Waals surface area contributed by atoms with E-state index in [0.717, 1.165) is 43.2 Å². The number of fused-ring (bicyclic) bond motifs is 1. The maximum Gasteiger partial charge on any atom is 0.418 e. The number of nitrogen functional groups attached to an aromatic ring is 1. The van der Waals surface area contributed by atoms with Crippen LogP contribution in [0.25, 0.3) is 0 Å². The van der Waals surface area contributed by atoms with E-state index in [-0.39, 0.29) is 60.2 Å². The smallest absolute Gasteiger partial charge is 0.418 e. The molecule has 2 aromatic carbocycles. The minimum Gasteiger partial charge on any atom is -0.463 e. The van der Waals surface area contributed by atoms with Gasteiger partial charge in [0.2, 0.25) is 0 Å².